The predicted octanol–water partition coefficient (Wildman–Crippen LogP) is 8.99. The topological polar surface area (TPSA) is 161 Å². The number of phosphoric acid groups is 1. The molecule has 2 bridgehead atoms. The molecule has 2 atom stereocenters. The van der Waals surface area contributed by atoms with E-state index in [0.717, 1.165) is 38.2 Å². The third-order valence-electron chi connectivity index (χ3n) is 12.3. The van der Waals surface area contributed by atoms with Gasteiger partial charge < -0.3 is 24.3 Å². The second-order valence-corrected chi connectivity index (χ2v) is 20.1. The molecule has 3 amide bonds. The molecule has 3 saturated carbocycles. The Balaban J connectivity index is 0.963. The van der Waals surface area contributed by atoms with Crippen LogP contribution in [0.4, 0.5) is 16.2 Å². The molecule has 5 aliphatic rings. The maximum atomic E-state index is 14.7. The molecule has 1 aromatic heterocycles. The molecule has 10 rings (SSSR count). The zero-order chi connectivity index (χ0) is 41.3. The SMILES string of the molecule is O=C(O)N(CCSSc1ccccn1)Cc1cc2c(c3ccccc13)C(CCl)CN2C(=O)C12CC(C(=O)N3C[C@@H](CCl)c4c3cc(OP(=O)(O)O)c3ccccc43)(C1)C2. The summed E-state index contributed by atoms with van der Waals surface area (Å²) >= 11 is 13.1. The third kappa shape index (κ3) is 7.04. The van der Waals surface area contributed by atoms with Crippen LogP contribution < -0.4 is 14.3 Å². The molecule has 3 fully saturated rings. The molecule has 0 radical (unpaired) electrons. The highest BCUT2D eigenvalue weighted by Gasteiger charge is 2.76. The third-order valence-corrected chi connectivity index (χ3v) is 15.7. The molecule has 306 valence electrons. The Hall–Kier alpha value is -4.01. The molecule has 17 heteroatoms. The molecule has 2 aliphatic heterocycles. The summed E-state index contributed by atoms with van der Waals surface area (Å²) in [5, 5.41) is 14.2. The molecule has 3 aliphatic carbocycles. The van der Waals surface area contributed by atoms with Crippen molar-refractivity contribution in [1.82, 2.24) is 9.88 Å². The molecule has 1 unspecified atom stereocenters. The first-order valence-corrected chi connectivity index (χ1v) is 24.1. The Bertz CT molecular complexity index is 2560. The van der Waals surface area contributed by atoms with Gasteiger partial charge in [-0.05, 0) is 81.1 Å². The molecule has 0 spiro atoms. The van der Waals surface area contributed by atoms with Crippen LogP contribution in [0.1, 0.15) is 47.8 Å². The Morgan fingerprint density at radius 2 is 1.36 bits per heavy atom. The Kier molecular flexibility index (Phi) is 10.6. The summed E-state index contributed by atoms with van der Waals surface area (Å²) in [6.07, 6.45) is 1.79. The van der Waals surface area contributed by atoms with E-state index in [1.807, 2.05) is 65.6 Å². The Morgan fingerprint density at radius 1 is 0.814 bits per heavy atom. The van der Waals surface area contributed by atoms with Crippen LogP contribution in [0.5, 0.6) is 5.75 Å². The van der Waals surface area contributed by atoms with E-state index < -0.39 is 24.7 Å². The molecule has 5 aromatic rings. The number of fused-ring (bicyclic) bond motifs is 6. The Labute approximate surface area is 357 Å². The number of alkyl halides is 2. The van der Waals surface area contributed by atoms with Crippen molar-refractivity contribution >= 4 is 103 Å². The average Bonchev–Trinajstić information content (AvgIpc) is 3.76. The molecule has 0 saturated heterocycles. The highest BCUT2D eigenvalue weighted by Crippen LogP contribution is 2.75. The number of pyridine rings is 1. The lowest BCUT2D eigenvalue weighted by Crippen LogP contribution is -2.73. The summed E-state index contributed by atoms with van der Waals surface area (Å²) in [4.78, 5) is 70.4. The molecular weight excluding hydrogens is 854 g/mol. The fourth-order valence-electron chi connectivity index (χ4n) is 9.81. The number of hydrogen-bond acceptors (Lipinski definition) is 8. The summed E-state index contributed by atoms with van der Waals surface area (Å²) in [5.41, 5.74) is 2.32. The van der Waals surface area contributed by atoms with Crippen LogP contribution in [0.25, 0.3) is 21.5 Å². The van der Waals surface area contributed by atoms with Crippen molar-refractivity contribution in [2.75, 3.05) is 46.9 Å². The minimum Gasteiger partial charge on any atom is -0.465 e. The van der Waals surface area contributed by atoms with Crippen molar-refractivity contribution in [3.8, 4) is 5.75 Å². The summed E-state index contributed by atoms with van der Waals surface area (Å²) in [6, 6.07) is 24.1. The predicted molar refractivity (Wildman–Crippen MR) is 232 cm³/mol. The lowest BCUT2D eigenvalue weighted by Gasteiger charge is -2.69. The van der Waals surface area contributed by atoms with E-state index in [1.165, 1.54) is 32.6 Å². The second kappa shape index (κ2) is 15.5. The van der Waals surface area contributed by atoms with Crippen molar-refractivity contribution in [3.63, 3.8) is 0 Å². The summed E-state index contributed by atoms with van der Waals surface area (Å²) in [6.45, 7) is 1.10. The molecule has 59 heavy (non-hydrogen) atoms. The normalized spacial score (nSPS) is 22.8. The number of amides is 3. The van der Waals surface area contributed by atoms with Gasteiger partial charge in [0.2, 0.25) is 11.8 Å². The van der Waals surface area contributed by atoms with Gasteiger partial charge in [-0.25, -0.2) is 14.3 Å². The van der Waals surface area contributed by atoms with Gasteiger partial charge in [-0.15, -0.1) is 23.2 Å². The zero-order valence-electron chi connectivity index (χ0n) is 31.5. The fraction of sp³-hybridized carbons (Fsp3) is 0.333. The number of benzene rings is 4. The first-order chi connectivity index (χ1) is 28.3. The standard InChI is InChI=1S/C42H39Cl2N4O8PS2/c43-17-26-20-47(32-15-25(28-7-1-3-9-30(28)36(26)32)19-46(40(51)52)13-14-58-59-35-11-5-6-12-45-35)38(49)41-22-42(23-41,24-41)39(50)48-21-27(18-44)37-31-10-4-2-8-29(31)34(16-33(37)48)56-57(53,54)55/h1-12,15-16,26-27H,13-14,17-24H2,(H,51,52)(H2,53,54,55)/t26?,27-,41?,42?/m1/s1. The van der Waals surface area contributed by atoms with Crippen LogP contribution in [0.3, 0.4) is 0 Å². The van der Waals surface area contributed by atoms with Gasteiger partial charge in [0.15, 0.2) is 0 Å². The van der Waals surface area contributed by atoms with Gasteiger partial charge in [-0.2, -0.15) is 0 Å². The van der Waals surface area contributed by atoms with Gasteiger partial charge in [0.1, 0.15) is 10.8 Å². The van der Waals surface area contributed by atoms with Crippen molar-refractivity contribution in [3.05, 3.63) is 102 Å². The molecule has 12 nitrogen and oxygen atoms in total. The number of phosphoric ester groups is 1. The quantitative estimate of drug-likeness (QED) is 0.0448. The van der Waals surface area contributed by atoms with E-state index in [0.29, 0.717) is 67.0 Å². The maximum absolute atomic E-state index is 14.7. The number of rotatable bonds is 13. The lowest BCUT2D eigenvalue weighted by atomic mass is 9.34. The molecule has 3 N–H and O–H groups in total. The van der Waals surface area contributed by atoms with E-state index in [2.05, 4.69) is 4.98 Å². The van der Waals surface area contributed by atoms with Gasteiger partial charge in [-0.1, -0.05) is 65.4 Å². The van der Waals surface area contributed by atoms with Crippen molar-refractivity contribution in [1.29, 1.82) is 0 Å². The largest absolute Gasteiger partial charge is 0.524 e. The average molecular weight is 894 g/mol. The number of hydrogen-bond donors (Lipinski definition) is 3. The number of carbonyl (C=O) groups is 3. The number of nitrogens with zero attached hydrogens (tertiary/aromatic N) is 4. The van der Waals surface area contributed by atoms with Gasteiger partial charge >= 0.3 is 13.9 Å². The smallest absolute Gasteiger partial charge is 0.465 e. The maximum Gasteiger partial charge on any atom is 0.524 e. The van der Waals surface area contributed by atoms with Gasteiger partial charge in [0.25, 0.3) is 0 Å². The van der Waals surface area contributed by atoms with E-state index >= 15 is 0 Å². The van der Waals surface area contributed by atoms with Gasteiger partial charge in [0.05, 0.1) is 16.5 Å². The van der Waals surface area contributed by atoms with Crippen molar-refractivity contribution in [2.24, 2.45) is 10.8 Å². The van der Waals surface area contributed by atoms with Crippen LogP contribution in [0.2, 0.25) is 0 Å². The van der Waals surface area contributed by atoms with Crippen molar-refractivity contribution in [2.45, 2.75) is 42.7 Å². The number of aromatic nitrogens is 1. The van der Waals surface area contributed by atoms with Crippen LogP contribution in [-0.2, 0) is 20.7 Å². The molecular formula is C42H39Cl2N4O8PS2. The van der Waals surface area contributed by atoms with Crippen LogP contribution in [0.15, 0.2) is 90.1 Å². The molecule has 3 heterocycles. The van der Waals surface area contributed by atoms with Crippen molar-refractivity contribution < 1.29 is 38.4 Å². The number of halogens is 2. The lowest BCUT2D eigenvalue weighted by molar-refractivity contribution is -0.204. The summed E-state index contributed by atoms with van der Waals surface area (Å²) in [7, 11) is -1.89. The second-order valence-electron chi connectivity index (χ2n) is 15.9. The first kappa shape index (κ1) is 40.4. The minimum atomic E-state index is -4.92. The highest BCUT2D eigenvalue weighted by molar-refractivity contribution is 8.76. The molecule has 4 aromatic carbocycles. The van der Waals surface area contributed by atoms with E-state index in [1.54, 1.807) is 23.2 Å². The van der Waals surface area contributed by atoms with E-state index in [4.69, 9.17) is 27.7 Å². The highest BCUT2D eigenvalue weighted by atomic mass is 35.5. The zero-order valence-corrected chi connectivity index (χ0v) is 35.5. The van der Waals surface area contributed by atoms with E-state index in [9.17, 15) is 33.8 Å². The first-order valence-electron chi connectivity index (χ1n) is 19.1. The number of anilines is 2. The number of carbonyl (C=O) groups excluding carboxylic acids is 2. The van der Waals surface area contributed by atoms with Crippen LogP contribution in [-0.4, -0.2) is 79.8 Å². The summed E-state index contributed by atoms with van der Waals surface area (Å²) in [5.74, 6) is 0.487. The fourth-order valence-corrected chi connectivity index (χ4v) is 12.6. The monoisotopic (exact) mass is 892 g/mol. The minimum absolute atomic E-state index is 0.0247. The van der Waals surface area contributed by atoms with Crippen LogP contribution >= 0.6 is 52.6 Å². The van der Waals surface area contributed by atoms with Gasteiger partial charge in [-0.3, -0.25) is 19.4 Å². The Morgan fingerprint density at radius 3 is 1.90 bits per heavy atom. The van der Waals surface area contributed by atoms with Crippen LogP contribution in [0, 0.1) is 10.8 Å². The number of carboxylic acid groups (broad SMARTS) is 1. The summed E-state index contributed by atoms with van der Waals surface area (Å²) < 4.78 is 17.1. The van der Waals surface area contributed by atoms with E-state index in [-0.39, 0.29) is 41.8 Å². The van der Waals surface area contributed by atoms with Gasteiger partial charge in [0, 0.05) is 78.9 Å².